The van der Waals surface area contributed by atoms with E-state index < -0.39 is 0 Å². The molecule has 4 nitrogen and oxygen atoms in total. The third kappa shape index (κ3) is 4.32. The summed E-state index contributed by atoms with van der Waals surface area (Å²) in [6, 6.07) is 17.3. The van der Waals surface area contributed by atoms with Crippen molar-refractivity contribution >= 4 is 23.6 Å². The highest BCUT2D eigenvalue weighted by Gasteiger charge is 2.19. The number of anilines is 1. The Balaban J connectivity index is 1.60. The van der Waals surface area contributed by atoms with E-state index in [1.165, 1.54) is 6.08 Å². The van der Waals surface area contributed by atoms with Gasteiger partial charge in [-0.25, -0.2) is 0 Å². The fourth-order valence-corrected chi connectivity index (χ4v) is 2.76. The van der Waals surface area contributed by atoms with Crippen LogP contribution in [-0.4, -0.2) is 23.3 Å². The first kappa shape index (κ1) is 16.0. The molecule has 1 aliphatic rings. The Kier molecular flexibility index (Phi) is 5.06. The molecule has 0 bridgehead atoms. The molecule has 0 radical (unpaired) electrons. The summed E-state index contributed by atoms with van der Waals surface area (Å²) < 4.78 is 0. The number of hydrogen-bond donors (Lipinski definition) is 1. The minimum absolute atomic E-state index is 0.173. The first-order chi connectivity index (χ1) is 11.7. The molecule has 24 heavy (non-hydrogen) atoms. The Labute approximate surface area is 141 Å². The number of amides is 2. The maximum Gasteiger partial charge on any atom is 0.248 e. The number of benzene rings is 2. The van der Waals surface area contributed by atoms with Crippen LogP contribution in [0.5, 0.6) is 0 Å². The predicted octanol–water partition coefficient (Wildman–Crippen LogP) is 3.46. The van der Waals surface area contributed by atoms with Crippen LogP contribution in [0.4, 0.5) is 5.69 Å². The van der Waals surface area contributed by atoms with Crippen molar-refractivity contribution in [2.75, 3.05) is 11.9 Å². The lowest BCUT2D eigenvalue weighted by Gasteiger charge is -2.16. The molecule has 1 N–H and O–H groups in total. The Morgan fingerprint density at radius 3 is 2.71 bits per heavy atom. The standard InChI is InChI=1S/C20H20N2O2/c23-19(12-11-16-6-2-1-3-7-16)21-18-9-4-8-17(14-18)15-22-13-5-10-20(22)24/h1-4,6-9,11-12,14H,5,10,13,15H2,(H,21,23). The fraction of sp³-hybridized carbons (Fsp3) is 0.200. The van der Waals surface area contributed by atoms with Gasteiger partial charge in [0.15, 0.2) is 0 Å². The summed E-state index contributed by atoms with van der Waals surface area (Å²) in [6.45, 7) is 1.41. The third-order valence-corrected chi connectivity index (χ3v) is 3.97. The fourth-order valence-electron chi connectivity index (χ4n) is 2.76. The lowest BCUT2D eigenvalue weighted by Crippen LogP contribution is -2.23. The molecule has 4 heteroatoms. The van der Waals surface area contributed by atoms with E-state index in [4.69, 9.17) is 0 Å². The molecule has 1 fully saturated rings. The van der Waals surface area contributed by atoms with Crippen molar-refractivity contribution < 1.29 is 9.59 Å². The smallest absolute Gasteiger partial charge is 0.248 e. The zero-order chi connectivity index (χ0) is 16.8. The highest BCUT2D eigenvalue weighted by molar-refractivity contribution is 6.01. The summed E-state index contributed by atoms with van der Waals surface area (Å²) in [7, 11) is 0. The van der Waals surface area contributed by atoms with E-state index in [1.54, 1.807) is 6.08 Å². The van der Waals surface area contributed by atoms with Crippen LogP contribution in [0.15, 0.2) is 60.7 Å². The summed E-state index contributed by atoms with van der Waals surface area (Å²) >= 11 is 0. The second-order valence-electron chi connectivity index (χ2n) is 5.85. The van der Waals surface area contributed by atoms with Crippen LogP contribution < -0.4 is 5.32 Å². The molecule has 2 aromatic rings. The van der Waals surface area contributed by atoms with Gasteiger partial charge in [-0.3, -0.25) is 9.59 Å². The van der Waals surface area contributed by atoms with E-state index >= 15 is 0 Å². The Bertz CT molecular complexity index is 753. The third-order valence-electron chi connectivity index (χ3n) is 3.97. The van der Waals surface area contributed by atoms with Gasteiger partial charge >= 0.3 is 0 Å². The molecule has 2 aromatic carbocycles. The van der Waals surface area contributed by atoms with E-state index in [0.717, 1.165) is 29.8 Å². The molecular weight excluding hydrogens is 300 g/mol. The monoisotopic (exact) mass is 320 g/mol. The molecular formula is C20H20N2O2. The van der Waals surface area contributed by atoms with Crippen molar-refractivity contribution in [3.8, 4) is 0 Å². The molecule has 1 heterocycles. The van der Waals surface area contributed by atoms with Crippen LogP contribution >= 0.6 is 0 Å². The number of nitrogens with zero attached hydrogens (tertiary/aromatic N) is 1. The highest BCUT2D eigenvalue weighted by atomic mass is 16.2. The molecule has 122 valence electrons. The Hall–Kier alpha value is -2.88. The van der Waals surface area contributed by atoms with Gasteiger partial charge in [0, 0.05) is 31.3 Å². The van der Waals surface area contributed by atoms with E-state index in [-0.39, 0.29) is 11.8 Å². The van der Waals surface area contributed by atoms with Gasteiger partial charge in [0.1, 0.15) is 0 Å². The van der Waals surface area contributed by atoms with Crippen LogP contribution in [-0.2, 0) is 16.1 Å². The van der Waals surface area contributed by atoms with Crippen molar-refractivity contribution in [3.63, 3.8) is 0 Å². The van der Waals surface area contributed by atoms with E-state index in [9.17, 15) is 9.59 Å². The first-order valence-electron chi connectivity index (χ1n) is 8.11. The molecule has 0 unspecified atom stereocenters. The van der Waals surface area contributed by atoms with Crippen LogP contribution in [0.2, 0.25) is 0 Å². The number of hydrogen-bond acceptors (Lipinski definition) is 2. The summed E-state index contributed by atoms with van der Waals surface area (Å²) in [4.78, 5) is 25.6. The van der Waals surface area contributed by atoms with Gasteiger partial charge in [-0.1, -0.05) is 42.5 Å². The average molecular weight is 320 g/mol. The van der Waals surface area contributed by atoms with Crippen molar-refractivity contribution in [3.05, 3.63) is 71.8 Å². The van der Waals surface area contributed by atoms with Crippen molar-refractivity contribution in [2.45, 2.75) is 19.4 Å². The first-order valence-corrected chi connectivity index (χ1v) is 8.11. The molecule has 0 aliphatic carbocycles. The van der Waals surface area contributed by atoms with Crippen LogP contribution in [0.3, 0.4) is 0 Å². The zero-order valence-electron chi connectivity index (χ0n) is 13.4. The average Bonchev–Trinajstić information content (AvgIpc) is 2.99. The van der Waals surface area contributed by atoms with Gasteiger partial charge in [0.05, 0.1) is 0 Å². The Morgan fingerprint density at radius 1 is 1.12 bits per heavy atom. The molecule has 1 aliphatic heterocycles. The SMILES string of the molecule is O=C(C=Cc1ccccc1)Nc1cccc(CN2CCCC2=O)c1. The number of likely N-dealkylation sites (tertiary alicyclic amines) is 1. The van der Waals surface area contributed by atoms with E-state index in [0.29, 0.717) is 13.0 Å². The molecule has 0 saturated carbocycles. The quantitative estimate of drug-likeness (QED) is 0.858. The van der Waals surface area contributed by atoms with Gasteiger partial charge in [-0.2, -0.15) is 0 Å². The highest BCUT2D eigenvalue weighted by Crippen LogP contribution is 2.17. The topological polar surface area (TPSA) is 49.4 Å². The number of carbonyl (C=O) groups excluding carboxylic acids is 2. The molecule has 1 saturated heterocycles. The minimum Gasteiger partial charge on any atom is -0.338 e. The lowest BCUT2D eigenvalue weighted by atomic mass is 10.2. The predicted molar refractivity (Wildman–Crippen MR) is 95.2 cm³/mol. The Morgan fingerprint density at radius 2 is 1.96 bits per heavy atom. The summed E-state index contributed by atoms with van der Waals surface area (Å²) in [5.74, 6) is 0.0310. The second-order valence-corrected chi connectivity index (χ2v) is 5.85. The second kappa shape index (κ2) is 7.59. The molecule has 0 atom stereocenters. The summed E-state index contributed by atoms with van der Waals surface area (Å²) in [5, 5.41) is 2.86. The number of carbonyl (C=O) groups is 2. The van der Waals surface area contributed by atoms with Gasteiger partial charge in [-0.05, 0) is 35.8 Å². The summed E-state index contributed by atoms with van der Waals surface area (Å²) in [6.07, 6.45) is 4.87. The van der Waals surface area contributed by atoms with Crippen molar-refractivity contribution in [1.82, 2.24) is 4.90 Å². The molecule has 2 amide bonds. The number of rotatable bonds is 5. The maximum atomic E-state index is 12.0. The maximum absolute atomic E-state index is 12.0. The molecule has 0 spiro atoms. The summed E-state index contributed by atoms with van der Waals surface area (Å²) in [5.41, 5.74) is 2.74. The van der Waals surface area contributed by atoms with Crippen LogP contribution in [0, 0.1) is 0 Å². The molecule has 0 aromatic heterocycles. The normalized spacial score (nSPS) is 14.3. The van der Waals surface area contributed by atoms with E-state index in [1.807, 2.05) is 59.5 Å². The molecule has 3 rings (SSSR count). The zero-order valence-corrected chi connectivity index (χ0v) is 13.4. The largest absolute Gasteiger partial charge is 0.338 e. The van der Waals surface area contributed by atoms with Crippen molar-refractivity contribution in [2.24, 2.45) is 0 Å². The van der Waals surface area contributed by atoms with Gasteiger partial charge in [-0.15, -0.1) is 0 Å². The van der Waals surface area contributed by atoms with Gasteiger partial charge in [0.2, 0.25) is 11.8 Å². The lowest BCUT2D eigenvalue weighted by molar-refractivity contribution is -0.128. The van der Waals surface area contributed by atoms with Gasteiger partial charge < -0.3 is 10.2 Å². The minimum atomic E-state index is -0.173. The van der Waals surface area contributed by atoms with Gasteiger partial charge in [0.25, 0.3) is 0 Å². The van der Waals surface area contributed by atoms with E-state index in [2.05, 4.69) is 5.32 Å². The van der Waals surface area contributed by atoms with Crippen LogP contribution in [0.1, 0.15) is 24.0 Å². The van der Waals surface area contributed by atoms with Crippen LogP contribution in [0.25, 0.3) is 6.08 Å². The number of nitrogens with one attached hydrogen (secondary N) is 1. The van der Waals surface area contributed by atoms with Crippen molar-refractivity contribution in [1.29, 1.82) is 0 Å².